The smallest absolute Gasteiger partial charge is 0.282 e. The quantitative estimate of drug-likeness (QED) is 0.584. The van der Waals surface area contributed by atoms with Crippen molar-refractivity contribution in [3.8, 4) is 6.07 Å². The second-order valence-corrected chi connectivity index (χ2v) is 4.96. The van der Waals surface area contributed by atoms with Crippen LogP contribution in [-0.4, -0.2) is 15.9 Å². The van der Waals surface area contributed by atoms with E-state index in [1.54, 1.807) is 42.5 Å². The van der Waals surface area contributed by atoms with E-state index in [0.29, 0.717) is 16.5 Å². The third kappa shape index (κ3) is 2.57. The summed E-state index contributed by atoms with van der Waals surface area (Å²) >= 11 is 5.17. The van der Waals surface area contributed by atoms with Crippen LogP contribution < -0.4 is 5.56 Å². The van der Waals surface area contributed by atoms with Gasteiger partial charge >= 0.3 is 0 Å². The Morgan fingerprint density at radius 2 is 1.91 bits per heavy atom. The number of H-pyrrole nitrogens is 1. The van der Waals surface area contributed by atoms with Crippen LogP contribution in [0.1, 0.15) is 11.1 Å². The number of aromatic nitrogens is 2. The number of nitrogens with zero attached hydrogens (tertiary/aromatic N) is 3. The van der Waals surface area contributed by atoms with Crippen LogP contribution in [0.25, 0.3) is 10.9 Å². The number of nitriles is 1. The molecule has 2 aromatic carbocycles. The van der Waals surface area contributed by atoms with E-state index in [2.05, 4.69) is 10.1 Å². The molecule has 0 bridgehead atoms. The molecule has 1 heterocycles. The highest BCUT2D eigenvalue weighted by Gasteiger charge is 2.03. The molecule has 1 aromatic heterocycles. The molecular formula is C16H10N4OS. The summed E-state index contributed by atoms with van der Waals surface area (Å²) in [6, 6.07) is 16.0. The molecule has 0 aliphatic heterocycles. The van der Waals surface area contributed by atoms with Crippen molar-refractivity contribution in [2.75, 3.05) is 0 Å². The van der Waals surface area contributed by atoms with E-state index in [-0.39, 0.29) is 10.3 Å². The van der Waals surface area contributed by atoms with Crippen LogP contribution in [-0.2, 0) is 0 Å². The lowest BCUT2D eigenvalue weighted by molar-refractivity contribution is 0.800. The van der Waals surface area contributed by atoms with Crippen molar-refractivity contribution >= 4 is 29.3 Å². The summed E-state index contributed by atoms with van der Waals surface area (Å²) in [7, 11) is 0. The van der Waals surface area contributed by atoms with Crippen molar-refractivity contribution < 1.29 is 0 Å². The molecule has 0 fully saturated rings. The van der Waals surface area contributed by atoms with Gasteiger partial charge in [-0.05, 0) is 42.0 Å². The van der Waals surface area contributed by atoms with Crippen LogP contribution in [0.2, 0.25) is 0 Å². The fourth-order valence-corrected chi connectivity index (χ4v) is 2.27. The standard InChI is InChI=1S/C16H10N4OS/c17-9-11-5-7-12(8-6-11)10-18-20-15(21)13-3-1-2-4-14(13)19-16(20)22/h1-8,10H,(H,19,22)/b18-10-. The molecule has 5 nitrogen and oxygen atoms in total. The Morgan fingerprint density at radius 1 is 1.18 bits per heavy atom. The van der Waals surface area contributed by atoms with Crippen LogP contribution in [0.4, 0.5) is 0 Å². The number of nitrogens with one attached hydrogen (secondary N) is 1. The zero-order valence-corrected chi connectivity index (χ0v) is 12.2. The van der Waals surface area contributed by atoms with Crippen LogP contribution in [0.5, 0.6) is 0 Å². The van der Waals surface area contributed by atoms with Crippen LogP contribution in [0, 0.1) is 16.1 Å². The number of rotatable bonds is 2. The maximum absolute atomic E-state index is 12.4. The number of hydrogen-bond acceptors (Lipinski definition) is 4. The monoisotopic (exact) mass is 306 g/mol. The first kappa shape index (κ1) is 13.9. The first-order chi connectivity index (χ1) is 10.7. The van der Waals surface area contributed by atoms with Crippen molar-refractivity contribution in [3.05, 3.63) is 74.8 Å². The SMILES string of the molecule is N#Cc1ccc(/C=N\n2c(=S)[nH]c3ccccc3c2=O)cc1. The van der Waals surface area contributed by atoms with Gasteiger partial charge in [0.2, 0.25) is 4.77 Å². The largest absolute Gasteiger partial charge is 0.330 e. The third-order valence-corrected chi connectivity index (χ3v) is 3.42. The maximum Gasteiger partial charge on any atom is 0.282 e. The first-order valence-corrected chi connectivity index (χ1v) is 6.88. The molecule has 3 rings (SSSR count). The van der Waals surface area contributed by atoms with Gasteiger partial charge in [-0.25, -0.2) is 0 Å². The van der Waals surface area contributed by atoms with Crippen molar-refractivity contribution in [2.24, 2.45) is 5.10 Å². The summed E-state index contributed by atoms with van der Waals surface area (Å²) < 4.78 is 1.38. The molecular weight excluding hydrogens is 296 g/mol. The Labute approximate surface area is 130 Å². The molecule has 3 aromatic rings. The summed E-state index contributed by atoms with van der Waals surface area (Å²) in [4.78, 5) is 15.4. The fraction of sp³-hybridized carbons (Fsp3) is 0. The van der Waals surface area contributed by atoms with Gasteiger partial charge in [-0.15, -0.1) is 0 Å². The average molecular weight is 306 g/mol. The summed E-state index contributed by atoms with van der Waals surface area (Å²) in [6.07, 6.45) is 1.53. The van der Waals surface area contributed by atoms with E-state index in [4.69, 9.17) is 17.5 Å². The topological polar surface area (TPSA) is 73.9 Å². The molecule has 0 amide bonds. The minimum atomic E-state index is -0.274. The lowest BCUT2D eigenvalue weighted by atomic mass is 10.2. The fourth-order valence-electron chi connectivity index (χ4n) is 2.03. The number of aromatic amines is 1. The van der Waals surface area contributed by atoms with Gasteiger partial charge in [0.25, 0.3) is 5.56 Å². The number of hydrogen-bond donors (Lipinski definition) is 1. The molecule has 1 N–H and O–H groups in total. The predicted molar refractivity (Wildman–Crippen MR) is 87.5 cm³/mol. The number of fused-ring (bicyclic) bond motifs is 1. The third-order valence-electron chi connectivity index (χ3n) is 3.15. The highest BCUT2D eigenvalue weighted by molar-refractivity contribution is 7.71. The van der Waals surface area contributed by atoms with Gasteiger partial charge in [0.1, 0.15) is 0 Å². The van der Waals surface area contributed by atoms with E-state index < -0.39 is 0 Å². The zero-order chi connectivity index (χ0) is 15.5. The molecule has 0 spiro atoms. The molecule has 106 valence electrons. The van der Waals surface area contributed by atoms with Gasteiger partial charge in [-0.1, -0.05) is 24.3 Å². The molecule has 0 saturated heterocycles. The second kappa shape index (κ2) is 5.76. The first-order valence-electron chi connectivity index (χ1n) is 6.47. The van der Waals surface area contributed by atoms with E-state index >= 15 is 0 Å². The highest BCUT2D eigenvalue weighted by atomic mass is 32.1. The van der Waals surface area contributed by atoms with E-state index in [1.807, 2.05) is 12.1 Å². The number of benzene rings is 2. The lowest BCUT2D eigenvalue weighted by Gasteiger charge is -2.02. The van der Waals surface area contributed by atoms with E-state index in [9.17, 15) is 4.79 Å². The Kier molecular flexibility index (Phi) is 3.64. The van der Waals surface area contributed by atoms with Gasteiger partial charge in [0.15, 0.2) is 0 Å². The van der Waals surface area contributed by atoms with Gasteiger partial charge in [0.05, 0.1) is 28.8 Å². The minimum Gasteiger partial charge on any atom is -0.330 e. The number of para-hydroxylation sites is 1. The summed E-state index contributed by atoms with van der Waals surface area (Å²) in [5.74, 6) is 0. The van der Waals surface area contributed by atoms with E-state index in [0.717, 1.165) is 10.2 Å². The van der Waals surface area contributed by atoms with Crippen LogP contribution >= 0.6 is 12.2 Å². The van der Waals surface area contributed by atoms with Gasteiger partial charge in [-0.2, -0.15) is 15.0 Å². The lowest BCUT2D eigenvalue weighted by Crippen LogP contribution is -2.18. The molecule has 0 radical (unpaired) electrons. The molecule has 0 aliphatic rings. The summed E-state index contributed by atoms with van der Waals surface area (Å²) in [5.41, 5.74) is 1.75. The zero-order valence-electron chi connectivity index (χ0n) is 11.4. The molecule has 22 heavy (non-hydrogen) atoms. The molecule has 0 atom stereocenters. The van der Waals surface area contributed by atoms with Crippen LogP contribution in [0.15, 0.2) is 58.4 Å². The average Bonchev–Trinajstić information content (AvgIpc) is 2.55. The van der Waals surface area contributed by atoms with Gasteiger partial charge in [0, 0.05) is 0 Å². The molecule has 0 aliphatic carbocycles. The Morgan fingerprint density at radius 3 is 2.64 bits per heavy atom. The second-order valence-electron chi connectivity index (χ2n) is 4.57. The Hall–Kier alpha value is -3.04. The summed E-state index contributed by atoms with van der Waals surface area (Å²) in [5, 5.41) is 13.4. The molecule has 6 heteroatoms. The molecule has 0 unspecified atom stereocenters. The normalized spacial score (nSPS) is 10.9. The van der Waals surface area contributed by atoms with Crippen molar-refractivity contribution in [2.45, 2.75) is 0 Å². The van der Waals surface area contributed by atoms with Gasteiger partial charge in [-0.3, -0.25) is 4.79 Å². The van der Waals surface area contributed by atoms with Crippen molar-refractivity contribution in [3.63, 3.8) is 0 Å². The van der Waals surface area contributed by atoms with Crippen molar-refractivity contribution in [1.29, 1.82) is 5.26 Å². The summed E-state index contributed by atoms with van der Waals surface area (Å²) in [6.45, 7) is 0. The minimum absolute atomic E-state index is 0.230. The highest BCUT2D eigenvalue weighted by Crippen LogP contribution is 2.06. The Balaban J connectivity index is 2.07. The van der Waals surface area contributed by atoms with E-state index in [1.165, 1.54) is 6.21 Å². The Bertz CT molecular complexity index is 1020. The predicted octanol–water partition coefficient (Wildman–Crippen LogP) is 2.81. The van der Waals surface area contributed by atoms with Crippen LogP contribution in [0.3, 0.4) is 0 Å². The van der Waals surface area contributed by atoms with Gasteiger partial charge < -0.3 is 4.98 Å². The van der Waals surface area contributed by atoms with Crippen molar-refractivity contribution in [1.82, 2.24) is 9.66 Å². The maximum atomic E-state index is 12.4. The molecule has 0 saturated carbocycles.